The van der Waals surface area contributed by atoms with Crippen LogP contribution in [0.5, 0.6) is 0 Å². The fourth-order valence-electron chi connectivity index (χ4n) is 4.17. The Balaban J connectivity index is 1.86. The summed E-state index contributed by atoms with van der Waals surface area (Å²) in [5.41, 5.74) is 1.12. The van der Waals surface area contributed by atoms with E-state index in [9.17, 15) is 14.4 Å². The van der Waals surface area contributed by atoms with Crippen LogP contribution in [0.3, 0.4) is 0 Å². The molecule has 0 saturated carbocycles. The normalized spacial score (nSPS) is 15.1. The summed E-state index contributed by atoms with van der Waals surface area (Å²) in [5, 5.41) is 0.381. The van der Waals surface area contributed by atoms with Gasteiger partial charge in [0.1, 0.15) is 11.3 Å². The highest BCUT2D eigenvalue weighted by Gasteiger charge is 2.27. The Kier molecular flexibility index (Phi) is 5.34. The van der Waals surface area contributed by atoms with Crippen molar-refractivity contribution in [2.45, 2.75) is 13.5 Å². The van der Waals surface area contributed by atoms with Crippen molar-refractivity contribution >= 4 is 16.9 Å². The molecule has 2 aromatic heterocycles. The van der Waals surface area contributed by atoms with Crippen LogP contribution in [-0.4, -0.2) is 62.1 Å². The maximum atomic E-state index is 13.5. The number of piperazine rings is 1. The molecule has 0 N–H and O–H groups in total. The minimum absolute atomic E-state index is 0.104. The molecule has 158 valence electrons. The Morgan fingerprint density at radius 3 is 2.27 bits per heavy atom. The molecule has 1 saturated heterocycles. The summed E-state index contributed by atoms with van der Waals surface area (Å²) in [6.07, 6.45) is 0. The third-order valence-corrected chi connectivity index (χ3v) is 6.00. The third kappa shape index (κ3) is 3.37. The zero-order valence-corrected chi connectivity index (χ0v) is 17.7. The van der Waals surface area contributed by atoms with E-state index in [1.807, 2.05) is 39.8 Å². The predicted molar refractivity (Wildman–Crippen MR) is 116 cm³/mol. The van der Waals surface area contributed by atoms with Crippen molar-refractivity contribution in [3.8, 4) is 0 Å². The molecular weight excluding hydrogens is 382 g/mol. The fourth-order valence-corrected chi connectivity index (χ4v) is 4.17. The van der Waals surface area contributed by atoms with Crippen molar-refractivity contribution in [2.24, 2.45) is 14.1 Å². The van der Waals surface area contributed by atoms with Crippen LogP contribution in [0.2, 0.25) is 0 Å². The lowest BCUT2D eigenvalue weighted by Gasteiger charge is -2.34. The molecule has 4 rings (SSSR count). The molecule has 0 bridgehead atoms. The molecule has 1 aliphatic heterocycles. The Bertz CT molecular complexity index is 1200. The number of rotatable bonds is 4. The van der Waals surface area contributed by atoms with Crippen molar-refractivity contribution in [1.29, 1.82) is 0 Å². The van der Waals surface area contributed by atoms with Gasteiger partial charge in [-0.3, -0.25) is 18.7 Å². The Morgan fingerprint density at radius 2 is 1.63 bits per heavy atom. The topological polar surface area (TPSA) is 72.5 Å². The predicted octanol–water partition coefficient (Wildman–Crippen LogP) is 0.865. The van der Waals surface area contributed by atoms with Crippen LogP contribution in [0, 0.1) is 0 Å². The summed E-state index contributed by atoms with van der Waals surface area (Å²) in [5.74, 6) is -0.104. The van der Waals surface area contributed by atoms with Gasteiger partial charge in [0.2, 0.25) is 0 Å². The van der Waals surface area contributed by atoms with Gasteiger partial charge in [0, 0.05) is 46.8 Å². The van der Waals surface area contributed by atoms with E-state index in [0.717, 1.165) is 29.8 Å². The molecule has 0 unspecified atom stereocenters. The Morgan fingerprint density at radius 1 is 0.967 bits per heavy atom. The molecule has 8 nitrogen and oxygen atoms in total. The molecule has 1 aliphatic rings. The van der Waals surface area contributed by atoms with E-state index in [1.54, 1.807) is 13.1 Å². The van der Waals surface area contributed by atoms with E-state index >= 15 is 0 Å². The number of aryl methyl sites for hydroxylation is 1. The molecule has 0 radical (unpaired) electrons. The van der Waals surface area contributed by atoms with E-state index in [4.69, 9.17) is 0 Å². The molecule has 1 amide bonds. The highest BCUT2D eigenvalue weighted by molar-refractivity contribution is 5.98. The minimum atomic E-state index is -0.407. The van der Waals surface area contributed by atoms with E-state index in [1.165, 1.54) is 11.6 Å². The van der Waals surface area contributed by atoms with Gasteiger partial charge in [-0.15, -0.1) is 0 Å². The van der Waals surface area contributed by atoms with Gasteiger partial charge >= 0.3 is 5.69 Å². The molecule has 1 fully saturated rings. The third-order valence-electron chi connectivity index (χ3n) is 6.00. The molecule has 3 aromatic rings. The standard InChI is InChI=1S/C22H27N5O3/c1-4-25-10-12-26(13-11-25)21(29)18-14-17-19(23(2)22(30)24(3)20(17)28)27(18)15-16-8-6-5-7-9-16/h5-9,14H,4,10-13,15H2,1-3H3. The molecule has 30 heavy (non-hydrogen) atoms. The Hall–Kier alpha value is -3.13. The number of carbonyl (C=O) groups excluding carboxylic acids is 1. The van der Waals surface area contributed by atoms with Gasteiger partial charge in [0.25, 0.3) is 11.5 Å². The summed E-state index contributed by atoms with van der Waals surface area (Å²) in [6.45, 7) is 6.45. The first-order chi connectivity index (χ1) is 14.4. The van der Waals surface area contributed by atoms with Crippen LogP contribution >= 0.6 is 0 Å². The lowest BCUT2D eigenvalue weighted by molar-refractivity contribution is 0.0633. The number of likely N-dealkylation sites (N-methyl/N-ethyl adjacent to an activating group) is 1. The van der Waals surface area contributed by atoms with Gasteiger partial charge in [-0.25, -0.2) is 4.79 Å². The van der Waals surface area contributed by atoms with Crippen molar-refractivity contribution in [2.75, 3.05) is 32.7 Å². The average molecular weight is 409 g/mol. The molecule has 0 aliphatic carbocycles. The first-order valence-corrected chi connectivity index (χ1v) is 10.3. The number of aromatic nitrogens is 3. The lowest BCUT2D eigenvalue weighted by atomic mass is 10.2. The van der Waals surface area contributed by atoms with Gasteiger partial charge < -0.3 is 14.4 Å². The number of hydrogen-bond acceptors (Lipinski definition) is 4. The zero-order chi connectivity index (χ0) is 21.4. The van der Waals surface area contributed by atoms with Gasteiger partial charge in [-0.05, 0) is 18.2 Å². The highest BCUT2D eigenvalue weighted by atomic mass is 16.2. The summed E-state index contributed by atoms with van der Waals surface area (Å²) in [6, 6.07) is 11.4. The van der Waals surface area contributed by atoms with Crippen LogP contribution in [0.15, 0.2) is 46.0 Å². The van der Waals surface area contributed by atoms with Crippen molar-refractivity contribution in [3.05, 3.63) is 68.5 Å². The molecule has 0 atom stereocenters. The fraction of sp³-hybridized carbons (Fsp3) is 0.409. The second-order valence-electron chi connectivity index (χ2n) is 7.77. The molecular formula is C22H27N5O3. The van der Waals surface area contributed by atoms with Crippen LogP contribution in [0.4, 0.5) is 0 Å². The van der Waals surface area contributed by atoms with Gasteiger partial charge in [0.05, 0.1) is 5.39 Å². The van der Waals surface area contributed by atoms with Gasteiger partial charge in [0.15, 0.2) is 0 Å². The number of hydrogen-bond donors (Lipinski definition) is 0. The average Bonchev–Trinajstić information content (AvgIpc) is 3.15. The molecule has 1 aromatic carbocycles. The van der Waals surface area contributed by atoms with Crippen LogP contribution < -0.4 is 11.2 Å². The van der Waals surface area contributed by atoms with Crippen molar-refractivity contribution in [1.82, 2.24) is 23.5 Å². The van der Waals surface area contributed by atoms with Gasteiger partial charge in [-0.1, -0.05) is 37.3 Å². The highest BCUT2D eigenvalue weighted by Crippen LogP contribution is 2.20. The van der Waals surface area contributed by atoms with Gasteiger partial charge in [-0.2, -0.15) is 0 Å². The zero-order valence-electron chi connectivity index (χ0n) is 17.7. The number of amides is 1. The summed E-state index contributed by atoms with van der Waals surface area (Å²) in [4.78, 5) is 43.0. The monoisotopic (exact) mass is 409 g/mol. The summed E-state index contributed by atoms with van der Waals surface area (Å²) < 4.78 is 4.34. The lowest BCUT2D eigenvalue weighted by Crippen LogP contribution is -2.48. The number of nitrogens with zero attached hydrogens (tertiary/aromatic N) is 5. The first-order valence-electron chi connectivity index (χ1n) is 10.3. The second-order valence-corrected chi connectivity index (χ2v) is 7.77. The van der Waals surface area contributed by atoms with Crippen LogP contribution in [0.1, 0.15) is 23.0 Å². The largest absolute Gasteiger partial charge is 0.335 e. The summed E-state index contributed by atoms with van der Waals surface area (Å²) >= 11 is 0. The molecule has 8 heteroatoms. The van der Waals surface area contributed by atoms with E-state index in [2.05, 4.69) is 11.8 Å². The number of fused-ring (bicyclic) bond motifs is 1. The Labute approximate surface area is 174 Å². The van der Waals surface area contributed by atoms with E-state index < -0.39 is 5.69 Å². The summed E-state index contributed by atoms with van der Waals surface area (Å²) in [7, 11) is 3.10. The number of carbonyl (C=O) groups is 1. The minimum Gasteiger partial charge on any atom is -0.335 e. The smallest absolute Gasteiger partial charge is 0.332 e. The first kappa shape index (κ1) is 20.2. The SMILES string of the molecule is CCN1CCN(C(=O)c2cc3c(=O)n(C)c(=O)n(C)c3n2Cc2ccccc2)CC1. The van der Waals surface area contributed by atoms with Crippen molar-refractivity contribution < 1.29 is 4.79 Å². The maximum absolute atomic E-state index is 13.5. The van der Waals surface area contributed by atoms with Crippen molar-refractivity contribution in [3.63, 3.8) is 0 Å². The maximum Gasteiger partial charge on any atom is 0.332 e. The second kappa shape index (κ2) is 7.95. The molecule has 0 spiro atoms. The van der Waals surface area contributed by atoms with Crippen LogP contribution in [-0.2, 0) is 20.6 Å². The van der Waals surface area contributed by atoms with Crippen LogP contribution in [0.25, 0.3) is 11.0 Å². The quantitative estimate of drug-likeness (QED) is 0.641. The van der Waals surface area contributed by atoms with E-state index in [-0.39, 0.29) is 11.5 Å². The number of benzene rings is 1. The molecule has 3 heterocycles. The van der Waals surface area contributed by atoms with E-state index in [0.29, 0.717) is 36.4 Å².